The lowest BCUT2D eigenvalue weighted by atomic mass is 10.2. The van der Waals surface area contributed by atoms with Gasteiger partial charge in [-0.2, -0.15) is 0 Å². The Bertz CT molecular complexity index is 809. The number of carbonyl (C=O) groups excluding carboxylic acids is 2. The first-order valence-corrected chi connectivity index (χ1v) is 9.54. The minimum atomic E-state index is -0.250. The third-order valence-electron chi connectivity index (χ3n) is 4.01. The number of nitrogens with zero attached hydrogens (tertiary/aromatic N) is 1. The van der Waals surface area contributed by atoms with Gasteiger partial charge in [0.1, 0.15) is 12.3 Å². The fourth-order valence-electron chi connectivity index (χ4n) is 2.89. The van der Waals surface area contributed by atoms with Crippen molar-refractivity contribution in [3.8, 4) is 5.75 Å². The normalized spacial score (nSPS) is 16.6. The second-order valence-corrected chi connectivity index (χ2v) is 7.54. The molecule has 2 aromatic rings. The molecule has 0 radical (unpaired) electrons. The number of ether oxygens (including phenoxy) is 1. The van der Waals surface area contributed by atoms with Gasteiger partial charge in [-0.05, 0) is 31.2 Å². The number of fused-ring (bicyclic) bond motifs is 1. The summed E-state index contributed by atoms with van der Waals surface area (Å²) in [5.41, 5.74) is 1.40. The molecule has 2 aromatic carbocycles. The van der Waals surface area contributed by atoms with Crippen LogP contribution >= 0.6 is 11.8 Å². The maximum Gasteiger partial charge on any atom is 0.244 e. The lowest BCUT2D eigenvalue weighted by Crippen LogP contribution is -2.38. The Kier molecular flexibility index (Phi) is 5.83. The van der Waals surface area contributed by atoms with E-state index in [2.05, 4.69) is 5.32 Å². The fraction of sp³-hybridized carbons (Fsp3) is 0.300. The van der Waals surface area contributed by atoms with Crippen molar-refractivity contribution in [2.45, 2.75) is 30.4 Å². The van der Waals surface area contributed by atoms with E-state index in [1.165, 1.54) is 0 Å². The van der Waals surface area contributed by atoms with Crippen LogP contribution in [0.4, 0.5) is 11.4 Å². The van der Waals surface area contributed by atoms with E-state index in [1.807, 2.05) is 56.3 Å². The first-order chi connectivity index (χ1) is 12.6. The van der Waals surface area contributed by atoms with Gasteiger partial charge >= 0.3 is 0 Å². The van der Waals surface area contributed by atoms with Crippen LogP contribution in [0.25, 0.3) is 0 Å². The average molecular weight is 370 g/mol. The number of para-hydroxylation sites is 3. The highest BCUT2D eigenvalue weighted by Crippen LogP contribution is 2.37. The summed E-state index contributed by atoms with van der Waals surface area (Å²) in [5.74, 6) is 0.332. The molecule has 2 amide bonds. The van der Waals surface area contributed by atoms with E-state index < -0.39 is 0 Å². The largest absolute Gasteiger partial charge is 0.492 e. The van der Waals surface area contributed by atoms with Crippen molar-refractivity contribution in [2.24, 2.45) is 0 Å². The molecule has 26 heavy (non-hydrogen) atoms. The fourth-order valence-corrected chi connectivity index (χ4v) is 4.00. The molecule has 5 nitrogen and oxygen atoms in total. The van der Waals surface area contributed by atoms with Gasteiger partial charge in [-0.15, -0.1) is 11.8 Å². The zero-order chi connectivity index (χ0) is 18.5. The molecule has 1 heterocycles. The van der Waals surface area contributed by atoms with Crippen LogP contribution in [0.15, 0.2) is 53.4 Å². The van der Waals surface area contributed by atoms with Crippen molar-refractivity contribution in [1.29, 1.82) is 0 Å². The number of carbonyl (C=O) groups is 2. The highest BCUT2D eigenvalue weighted by atomic mass is 32.2. The molecule has 0 saturated carbocycles. The van der Waals surface area contributed by atoms with Crippen LogP contribution in [0.1, 0.15) is 20.3 Å². The molecule has 0 fully saturated rings. The molecular formula is C20H22N2O3S. The Labute approximate surface area is 157 Å². The van der Waals surface area contributed by atoms with Gasteiger partial charge in [-0.25, -0.2) is 0 Å². The van der Waals surface area contributed by atoms with Crippen molar-refractivity contribution in [2.75, 3.05) is 23.4 Å². The number of hydrogen-bond acceptors (Lipinski definition) is 4. The second-order valence-electron chi connectivity index (χ2n) is 6.06. The summed E-state index contributed by atoms with van der Waals surface area (Å²) >= 11 is 1.67. The van der Waals surface area contributed by atoms with Gasteiger partial charge in [0.25, 0.3) is 0 Å². The third kappa shape index (κ3) is 4.19. The number of rotatable bonds is 5. The zero-order valence-corrected chi connectivity index (χ0v) is 15.7. The van der Waals surface area contributed by atoms with E-state index in [1.54, 1.807) is 22.7 Å². The van der Waals surface area contributed by atoms with Gasteiger partial charge in [0.05, 0.1) is 18.0 Å². The van der Waals surface area contributed by atoms with Crippen LogP contribution in [-0.2, 0) is 9.59 Å². The molecule has 0 aromatic heterocycles. The van der Waals surface area contributed by atoms with Crippen molar-refractivity contribution >= 4 is 35.0 Å². The van der Waals surface area contributed by atoms with Gasteiger partial charge in [0, 0.05) is 16.6 Å². The van der Waals surface area contributed by atoms with Gasteiger partial charge in [-0.1, -0.05) is 31.2 Å². The lowest BCUT2D eigenvalue weighted by Gasteiger charge is -2.22. The van der Waals surface area contributed by atoms with Gasteiger partial charge in [0.2, 0.25) is 11.8 Å². The standard InChI is InChI=1S/C20H22N2O3S/c1-3-25-17-10-6-4-8-15(17)21-19(23)13-22-16-9-5-7-11-18(16)26-14(2)12-20(22)24/h4-11,14H,3,12-13H2,1-2H3,(H,21,23). The van der Waals surface area contributed by atoms with Crippen LogP contribution in [0, 0.1) is 0 Å². The summed E-state index contributed by atoms with van der Waals surface area (Å²) in [6.07, 6.45) is 0.405. The van der Waals surface area contributed by atoms with Crippen LogP contribution in [-0.4, -0.2) is 30.2 Å². The van der Waals surface area contributed by atoms with E-state index in [0.29, 0.717) is 24.5 Å². The highest BCUT2D eigenvalue weighted by molar-refractivity contribution is 8.00. The summed E-state index contributed by atoms with van der Waals surface area (Å²) in [5, 5.41) is 3.04. The smallest absolute Gasteiger partial charge is 0.244 e. The number of benzene rings is 2. The SMILES string of the molecule is CCOc1ccccc1NC(=O)CN1C(=O)CC(C)Sc2ccccc21. The lowest BCUT2D eigenvalue weighted by molar-refractivity contribution is -0.121. The van der Waals surface area contributed by atoms with Gasteiger partial charge in [0.15, 0.2) is 0 Å². The molecule has 0 saturated heterocycles. The average Bonchev–Trinajstić information content (AvgIpc) is 2.73. The summed E-state index contributed by atoms with van der Waals surface area (Å²) in [4.78, 5) is 27.9. The Hall–Kier alpha value is -2.47. The van der Waals surface area contributed by atoms with E-state index in [0.717, 1.165) is 10.6 Å². The first-order valence-electron chi connectivity index (χ1n) is 8.66. The highest BCUT2D eigenvalue weighted by Gasteiger charge is 2.27. The topological polar surface area (TPSA) is 58.6 Å². The molecule has 1 atom stereocenters. The molecule has 1 aliphatic rings. The van der Waals surface area contributed by atoms with Crippen LogP contribution in [0.5, 0.6) is 5.75 Å². The van der Waals surface area contributed by atoms with E-state index in [4.69, 9.17) is 4.74 Å². The Morgan fingerprint density at radius 2 is 1.96 bits per heavy atom. The maximum atomic E-state index is 12.7. The molecule has 6 heteroatoms. The van der Waals surface area contributed by atoms with Gasteiger partial charge in [-0.3, -0.25) is 9.59 Å². The molecule has 0 spiro atoms. The Morgan fingerprint density at radius 3 is 2.77 bits per heavy atom. The maximum absolute atomic E-state index is 12.7. The van der Waals surface area contributed by atoms with E-state index in [9.17, 15) is 9.59 Å². The summed E-state index contributed by atoms with van der Waals surface area (Å²) in [6.45, 7) is 4.41. The Balaban J connectivity index is 1.79. The van der Waals surface area contributed by atoms with Crippen LogP contribution in [0.3, 0.4) is 0 Å². The predicted octanol–water partition coefficient (Wildman–Crippen LogP) is 3.94. The number of amides is 2. The molecule has 3 rings (SSSR count). The molecule has 136 valence electrons. The molecule has 1 N–H and O–H groups in total. The number of nitrogens with one attached hydrogen (secondary N) is 1. The molecule has 0 bridgehead atoms. The number of hydrogen-bond donors (Lipinski definition) is 1. The van der Waals surface area contributed by atoms with Crippen molar-refractivity contribution in [3.05, 3.63) is 48.5 Å². The zero-order valence-electron chi connectivity index (χ0n) is 14.9. The first kappa shape index (κ1) is 18.3. The van der Waals surface area contributed by atoms with Gasteiger partial charge < -0.3 is 15.0 Å². The van der Waals surface area contributed by atoms with E-state index >= 15 is 0 Å². The van der Waals surface area contributed by atoms with Crippen LogP contribution in [0.2, 0.25) is 0 Å². The summed E-state index contributed by atoms with van der Waals surface area (Å²) in [7, 11) is 0. The Morgan fingerprint density at radius 1 is 1.23 bits per heavy atom. The molecule has 1 aliphatic heterocycles. The summed E-state index contributed by atoms with van der Waals surface area (Å²) < 4.78 is 5.54. The van der Waals surface area contributed by atoms with Crippen molar-refractivity contribution < 1.29 is 14.3 Å². The van der Waals surface area contributed by atoms with Crippen molar-refractivity contribution in [1.82, 2.24) is 0 Å². The number of anilines is 2. The van der Waals surface area contributed by atoms with E-state index in [-0.39, 0.29) is 23.6 Å². The predicted molar refractivity (Wildman–Crippen MR) is 105 cm³/mol. The molecular weight excluding hydrogens is 348 g/mol. The quantitative estimate of drug-likeness (QED) is 0.866. The third-order valence-corrected chi connectivity index (χ3v) is 5.18. The van der Waals surface area contributed by atoms with Crippen molar-refractivity contribution in [3.63, 3.8) is 0 Å². The molecule has 0 aliphatic carbocycles. The minimum absolute atomic E-state index is 0.0242. The monoisotopic (exact) mass is 370 g/mol. The molecule has 1 unspecified atom stereocenters. The second kappa shape index (κ2) is 8.27. The minimum Gasteiger partial charge on any atom is -0.492 e. The van der Waals surface area contributed by atoms with Crippen LogP contribution < -0.4 is 15.0 Å². The number of thioether (sulfide) groups is 1. The summed E-state index contributed by atoms with van der Waals surface area (Å²) in [6, 6.07) is 15.0.